The van der Waals surface area contributed by atoms with Gasteiger partial charge in [0.05, 0.1) is 0 Å². The van der Waals surface area contributed by atoms with Crippen molar-refractivity contribution in [1.82, 2.24) is 20.6 Å². The van der Waals surface area contributed by atoms with Crippen LogP contribution in [0.3, 0.4) is 0 Å². The molecule has 1 atom stereocenters. The van der Waals surface area contributed by atoms with E-state index < -0.39 is 5.66 Å². The molecule has 0 radical (unpaired) electrons. The van der Waals surface area contributed by atoms with Crippen molar-refractivity contribution >= 4 is 28.6 Å². The maximum Gasteiger partial charge on any atom is 0.225 e. The third-order valence-electron chi connectivity index (χ3n) is 6.39. The maximum atomic E-state index is 6.82. The molecule has 0 bridgehead atoms. The number of benzene rings is 1. The Kier molecular flexibility index (Phi) is 5.93. The first-order chi connectivity index (χ1) is 15.6. The van der Waals surface area contributed by atoms with Crippen LogP contribution in [-0.2, 0) is 12.1 Å². The Bertz CT molecular complexity index is 1020. The summed E-state index contributed by atoms with van der Waals surface area (Å²) < 4.78 is 0. The molecule has 1 aromatic carbocycles. The number of hydrogen-bond acceptors (Lipinski definition) is 9. The van der Waals surface area contributed by atoms with E-state index in [-0.39, 0.29) is 0 Å². The zero-order valence-corrected chi connectivity index (χ0v) is 19.2. The molecule has 32 heavy (non-hydrogen) atoms. The quantitative estimate of drug-likeness (QED) is 0.550. The molecule has 1 unspecified atom stereocenters. The van der Waals surface area contributed by atoms with Crippen LogP contribution >= 0.6 is 11.8 Å². The topological polar surface area (TPSA) is 103 Å². The fourth-order valence-electron chi connectivity index (χ4n) is 4.54. The molecule has 3 aliphatic rings. The van der Waals surface area contributed by atoms with Gasteiger partial charge in [0.25, 0.3) is 0 Å². The number of aromatic nitrogens is 2. The van der Waals surface area contributed by atoms with Gasteiger partial charge < -0.3 is 20.9 Å². The number of nitrogens with zero attached hydrogens (tertiary/aromatic N) is 4. The molecule has 168 valence electrons. The van der Waals surface area contributed by atoms with Crippen molar-refractivity contribution in [1.29, 1.82) is 0 Å². The fraction of sp³-hybridized carbons (Fsp3) is 0.435. The van der Waals surface area contributed by atoms with E-state index in [1.165, 1.54) is 11.3 Å². The number of fused-ring (bicyclic) bond motifs is 1. The van der Waals surface area contributed by atoms with E-state index in [2.05, 4.69) is 49.0 Å². The molecule has 9 heteroatoms. The number of rotatable bonds is 5. The highest BCUT2D eigenvalue weighted by Crippen LogP contribution is 2.31. The van der Waals surface area contributed by atoms with Gasteiger partial charge in [-0.25, -0.2) is 15.0 Å². The summed E-state index contributed by atoms with van der Waals surface area (Å²) in [6.07, 6.45) is 10.9. The predicted molar refractivity (Wildman–Crippen MR) is 132 cm³/mol. The van der Waals surface area contributed by atoms with Gasteiger partial charge >= 0.3 is 0 Å². The molecule has 4 heterocycles. The van der Waals surface area contributed by atoms with E-state index in [1.807, 2.05) is 18.4 Å². The van der Waals surface area contributed by atoms with E-state index in [1.54, 1.807) is 24.2 Å². The predicted octanol–water partition coefficient (Wildman–Crippen LogP) is 2.23. The normalized spacial score (nSPS) is 23.0. The minimum absolute atomic E-state index is 0.590. The molecule has 1 fully saturated rings. The lowest BCUT2D eigenvalue weighted by molar-refractivity contribution is 0.388. The number of hydrogen-bond donors (Lipinski definition) is 4. The summed E-state index contributed by atoms with van der Waals surface area (Å²) in [5.74, 6) is 2.35. The lowest BCUT2D eigenvalue weighted by Crippen LogP contribution is -2.45. The standard InChI is InChI=1S/C23H30N8S/c1-32-22-29-20(14-23(24,30-22)18-3-4-19-17(13-18)5-10-25-19)28-15-16-6-11-31(12-7-16)21-26-8-2-9-27-21/h2-4,8-9,13-14,16,25,28H,5-7,10-12,15,24H2,1H3,(H,29,30). The van der Waals surface area contributed by atoms with Gasteiger partial charge in [0.1, 0.15) is 5.82 Å². The minimum Gasteiger partial charge on any atom is -0.384 e. The van der Waals surface area contributed by atoms with Gasteiger partial charge in [0.2, 0.25) is 5.95 Å². The van der Waals surface area contributed by atoms with E-state index in [4.69, 9.17) is 10.7 Å². The third-order valence-corrected chi connectivity index (χ3v) is 6.97. The molecular formula is C23H30N8S. The van der Waals surface area contributed by atoms with Crippen molar-refractivity contribution in [2.24, 2.45) is 16.6 Å². The van der Waals surface area contributed by atoms with Crippen LogP contribution in [0.5, 0.6) is 0 Å². The third kappa shape index (κ3) is 4.40. The Morgan fingerprint density at radius 2 is 2.06 bits per heavy atom. The average molecular weight is 451 g/mol. The van der Waals surface area contributed by atoms with Gasteiger partial charge in [-0.2, -0.15) is 0 Å². The van der Waals surface area contributed by atoms with Crippen LogP contribution in [0.25, 0.3) is 0 Å². The van der Waals surface area contributed by atoms with Crippen LogP contribution in [0, 0.1) is 5.92 Å². The average Bonchev–Trinajstić information content (AvgIpc) is 3.31. The lowest BCUT2D eigenvalue weighted by atomic mass is 9.95. The van der Waals surface area contributed by atoms with Crippen molar-refractivity contribution in [3.05, 3.63) is 59.7 Å². The summed E-state index contributed by atoms with van der Waals surface area (Å²) >= 11 is 1.58. The van der Waals surface area contributed by atoms with Crippen LogP contribution in [0.15, 0.2) is 53.5 Å². The van der Waals surface area contributed by atoms with Crippen molar-refractivity contribution < 1.29 is 0 Å². The zero-order valence-electron chi connectivity index (χ0n) is 18.3. The number of nitrogens with one attached hydrogen (secondary N) is 3. The van der Waals surface area contributed by atoms with Crippen LogP contribution in [0.1, 0.15) is 24.0 Å². The first-order valence-corrected chi connectivity index (χ1v) is 12.4. The number of amidine groups is 1. The summed E-state index contributed by atoms with van der Waals surface area (Å²) in [6, 6.07) is 8.25. The SMILES string of the molecule is CSC1=NC(N)(c2ccc3c(c2)CCN3)C=C(NCC2CCN(c3ncccn3)CC2)N1. The number of anilines is 2. The molecule has 1 saturated heterocycles. The summed E-state index contributed by atoms with van der Waals surface area (Å²) in [5.41, 5.74) is 9.48. The van der Waals surface area contributed by atoms with E-state index in [9.17, 15) is 0 Å². The van der Waals surface area contributed by atoms with Gasteiger partial charge in [-0.05, 0) is 60.8 Å². The van der Waals surface area contributed by atoms with Gasteiger partial charge in [-0.1, -0.05) is 17.8 Å². The van der Waals surface area contributed by atoms with Crippen molar-refractivity contribution in [2.45, 2.75) is 24.9 Å². The van der Waals surface area contributed by atoms with Crippen molar-refractivity contribution in [3.63, 3.8) is 0 Å². The van der Waals surface area contributed by atoms with Crippen LogP contribution in [-0.4, -0.2) is 47.6 Å². The summed E-state index contributed by atoms with van der Waals surface area (Å²) in [4.78, 5) is 15.8. The monoisotopic (exact) mass is 450 g/mol. The summed E-state index contributed by atoms with van der Waals surface area (Å²) in [7, 11) is 0. The summed E-state index contributed by atoms with van der Waals surface area (Å²) in [6.45, 7) is 3.83. The Hall–Kier alpha value is -2.78. The largest absolute Gasteiger partial charge is 0.384 e. The smallest absolute Gasteiger partial charge is 0.225 e. The molecule has 0 spiro atoms. The second kappa shape index (κ2) is 8.99. The highest BCUT2D eigenvalue weighted by atomic mass is 32.2. The molecule has 0 saturated carbocycles. The summed E-state index contributed by atoms with van der Waals surface area (Å²) in [5, 5.41) is 11.2. The Morgan fingerprint density at radius 1 is 1.25 bits per heavy atom. The molecule has 0 aliphatic carbocycles. The first-order valence-electron chi connectivity index (χ1n) is 11.2. The number of nitrogens with two attached hydrogens (primary N) is 1. The van der Waals surface area contributed by atoms with Crippen LogP contribution < -0.4 is 26.6 Å². The molecule has 0 amide bonds. The Morgan fingerprint density at radius 3 is 2.84 bits per heavy atom. The Labute approximate surface area is 193 Å². The Balaban J connectivity index is 1.24. The molecule has 3 aliphatic heterocycles. The molecule has 2 aromatic rings. The molecule has 5 N–H and O–H groups in total. The van der Waals surface area contributed by atoms with E-state index in [0.717, 1.165) is 67.9 Å². The van der Waals surface area contributed by atoms with Gasteiger partial charge in [-0.15, -0.1) is 0 Å². The number of thioether (sulfide) groups is 1. The van der Waals surface area contributed by atoms with Crippen LogP contribution in [0.2, 0.25) is 0 Å². The van der Waals surface area contributed by atoms with Crippen LogP contribution in [0.4, 0.5) is 11.6 Å². The van der Waals surface area contributed by atoms with Crippen molar-refractivity contribution in [3.8, 4) is 0 Å². The maximum absolute atomic E-state index is 6.82. The fourth-order valence-corrected chi connectivity index (χ4v) is 4.99. The lowest BCUT2D eigenvalue weighted by Gasteiger charge is -2.34. The highest BCUT2D eigenvalue weighted by Gasteiger charge is 2.31. The molecule has 1 aromatic heterocycles. The van der Waals surface area contributed by atoms with Gasteiger partial charge in [0, 0.05) is 50.3 Å². The molecule has 8 nitrogen and oxygen atoms in total. The van der Waals surface area contributed by atoms with Gasteiger partial charge in [0.15, 0.2) is 10.8 Å². The minimum atomic E-state index is -0.877. The molecule has 5 rings (SSSR count). The van der Waals surface area contributed by atoms with Crippen molar-refractivity contribution in [2.75, 3.05) is 42.7 Å². The van der Waals surface area contributed by atoms with Gasteiger partial charge in [-0.3, -0.25) is 5.73 Å². The highest BCUT2D eigenvalue weighted by molar-refractivity contribution is 8.13. The molecular weight excluding hydrogens is 420 g/mol. The zero-order chi connectivity index (χ0) is 22.0. The van der Waals surface area contributed by atoms with E-state index >= 15 is 0 Å². The second-order valence-corrected chi connectivity index (χ2v) is 9.33. The number of aliphatic imine (C=N–C) groups is 1. The second-order valence-electron chi connectivity index (χ2n) is 8.54. The number of piperidine rings is 1. The first kappa shape index (κ1) is 21.1. The van der Waals surface area contributed by atoms with E-state index in [0.29, 0.717) is 5.92 Å².